The second-order valence-electron chi connectivity index (χ2n) is 4.60. The maximum atomic E-state index is 6.04. The van der Waals surface area contributed by atoms with E-state index < -0.39 is 0 Å². The Hall–Kier alpha value is -1.39. The third kappa shape index (κ3) is 2.89. The first-order valence-corrected chi connectivity index (χ1v) is 6.35. The summed E-state index contributed by atoms with van der Waals surface area (Å²) in [5, 5.41) is 12.2. The van der Waals surface area contributed by atoms with Gasteiger partial charge in [-0.2, -0.15) is 0 Å². The maximum absolute atomic E-state index is 6.04. The SMILES string of the molecule is Cc1ccc(Cl)cc1-n1nncc1CNC(C)C. The third-order valence-electron chi connectivity index (χ3n) is 2.71. The molecule has 0 atom stereocenters. The van der Waals surface area contributed by atoms with Crippen molar-refractivity contribution in [3.63, 3.8) is 0 Å². The van der Waals surface area contributed by atoms with Crippen LogP contribution < -0.4 is 5.32 Å². The van der Waals surface area contributed by atoms with Gasteiger partial charge in [-0.05, 0) is 24.6 Å². The Kier molecular flexibility index (Phi) is 3.99. The van der Waals surface area contributed by atoms with E-state index in [9.17, 15) is 0 Å². The number of halogens is 1. The summed E-state index contributed by atoms with van der Waals surface area (Å²) in [6.45, 7) is 6.99. The van der Waals surface area contributed by atoms with Crippen LogP contribution in [0, 0.1) is 6.92 Å². The van der Waals surface area contributed by atoms with E-state index in [1.165, 1.54) is 0 Å². The highest BCUT2D eigenvalue weighted by Crippen LogP contribution is 2.19. The fourth-order valence-electron chi connectivity index (χ4n) is 1.70. The molecule has 0 fully saturated rings. The molecule has 96 valence electrons. The summed E-state index contributed by atoms with van der Waals surface area (Å²) in [7, 11) is 0. The molecule has 18 heavy (non-hydrogen) atoms. The summed E-state index contributed by atoms with van der Waals surface area (Å²) in [5.74, 6) is 0. The van der Waals surface area contributed by atoms with Crippen LogP contribution in [0.25, 0.3) is 5.69 Å². The predicted octanol–water partition coefficient (Wildman–Crippen LogP) is 2.73. The van der Waals surface area contributed by atoms with E-state index in [0.717, 1.165) is 23.5 Å². The molecule has 0 aliphatic carbocycles. The van der Waals surface area contributed by atoms with E-state index in [-0.39, 0.29) is 0 Å². The summed E-state index contributed by atoms with van der Waals surface area (Å²) in [5.41, 5.74) is 3.12. The Morgan fingerprint density at radius 2 is 2.17 bits per heavy atom. The van der Waals surface area contributed by atoms with Gasteiger partial charge in [-0.1, -0.05) is 36.7 Å². The molecule has 0 saturated heterocycles. The highest BCUT2D eigenvalue weighted by atomic mass is 35.5. The summed E-state index contributed by atoms with van der Waals surface area (Å²) in [6.07, 6.45) is 1.77. The van der Waals surface area contributed by atoms with Gasteiger partial charge in [0.2, 0.25) is 0 Å². The van der Waals surface area contributed by atoms with Crippen molar-refractivity contribution >= 4 is 11.6 Å². The first-order chi connectivity index (χ1) is 8.58. The lowest BCUT2D eigenvalue weighted by Gasteiger charge is -2.11. The van der Waals surface area contributed by atoms with E-state index >= 15 is 0 Å². The topological polar surface area (TPSA) is 42.7 Å². The maximum Gasteiger partial charge on any atom is 0.0783 e. The molecular formula is C13H17ClN4. The number of aromatic nitrogens is 3. The quantitative estimate of drug-likeness (QED) is 0.923. The molecule has 1 aromatic carbocycles. The van der Waals surface area contributed by atoms with Crippen molar-refractivity contribution in [3.05, 3.63) is 40.7 Å². The number of hydrogen-bond acceptors (Lipinski definition) is 3. The van der Waals surface area contributed by atoms with Gasteiger partial charge in [-0.15, -0.1) is 5.10 Å². The highest BCUT2D eigenvalue weighted by Gasteiger charge is 2.09. The van der Waals surface area contributed by atoms with Crippen molar-refractivity contribution in [2.24, 2.45) is 0 Å². The lowest BCUT2D eigenvalue weighted by atomic mass is 10.2. The zero-order valence-corrected chi connectivity index (χ0v) is 11.6. The van der Waals surface area contributed by atoms with Crippen LogP contribution in [0.2, 0.25) is 5.02 Å². The molecule has 5 heteroatoms. The molecule has 2 rings (SSSR count). The molecule has 0 saturated carbocycles. The zero-order chi connectivity index (χ0) is 13.1. The molecule has 1 aromatic heterocycles. The van der Waals surface area contributed by atoms with E-state index in [0.29, 0.717) is 11.1 Å². The largest absolute Gasteiger partial charge is 0.309 e. The van der Waals surface area contributed by atoms with E-state index in [1.54, 1.807) is 6.20 Å². The standard InChI is InChI=1S/C13H17ClN4/c1-9(2)15-7-12-8-16-17-18(12)13-6-11(14)5-4-10(13)3/h4-6,8-9,15H,7H2,1-3H3. The molecule has 0 spiro atoms. The fraction of sp³-hybridized carbons (Fsp3) is 0.385. The van der Waals surface area contributed by atoms with Crippen LogP contribution in [0.5, 0.6) is 0 Å². The molecule has 0 unspecified atom stereocenters. The van der Waals surface area contributed by atoms with Crippen molar-refractivity contribution in [3.8, 4) is 5.69 Å². The van der Waals surface area contributed by atoms with Crippen molar-refractivity contribution in [1.82, 2.24) is 20.3 Å². The first kappa shape index (κ1) is 13.1. The predicted molar refractivity (Wildman–Crippen MR) is 73.1 cm³/mol. The van der Waals surface area contributed by atoms with E-state index in [4.69, 9.17) is 11.6 Å². The molecular weight excluding hydrogens is 248 g/mol. The van der Waals surface area contributed by atoms with Crippen molar-refractivity contribution in [2.75, 3.05) is 0 Å². The molecule has 2 aromatic rings. The average molecular weight is 265 g/mol. The van der Waals surface area contributed by atoms with Crippen LogP contribution in [-0.4, -0.2) is 21.0 Å². The molecule has 0 bridgehead atoms. The molecule has 1 N–H and O–H groups in total. The second-order valence-corrected chi connectivity index (χ2v) is 5.04. The Balaban J connectivity index is 2.33. The number of nitrogens with one attached hydrogen (secondary N) is 1. The van der Waals surface area contributed by atoms with Gasteiger partial charge < -0.3 is 5.32 Å². The van der Waals surface area contributed by atoms with Crippen LogP contribution in [0.1, 0.15) is 25.1 Å². The summed E-state index contributed by atoms with van der Waals surface area (Å²) in [6, 6.07) is 6.20. The minimum atomic E-state index is 0.425. The van der Waals surface area contributed by atoms with Crippen LogP contribution >= 0.6 is 11.6 Å². The van der Waals surface area contributed by atoms with E-state index in [2.05, 4.69) is 29.5 Å². The van der Waals surface area contributed by atoms with Gasteiger partial charge in [0.05, 0.1) is 17.6 Å². The minimum Gasteiger partial charge on any atom is -0.309 e. The van der Waals surface area contributed by atoms with Gasteiger partial charge in [0.1, 0.15) is 0 Å². The summed E-state index contributed by atoms with van der Waals surface area (Å²) < 4.78 is 1.83. The van der Waals surface area contributed by atoms with Gasteiger partial charge >= 0.3 is 0 Å². The smallest absolute Gasteiger partial charge is 0.0783 e. The van der Waals surface area contributed by atoms with E-state index in [1.807, 2.05) is 29.8 Å². The fourth-order valence-corrected chi connectivity index (χ4v) is 1.87. The monoisotopic (exact) mass is 264 g/mol. The molecule has 0 aliphatic heterocycles. The van der Waals surface area contributed by atoms with Crippen molar-refractivity contribution < 1.29 is 0 Å². The van der Waals surface area contributed by atoms with Crippen LogP contribution in [0.4, 0.5) is 0 Å². The number of hydrogen-bond donors (Lipinski definition) is 1. The second kappa shape index (κ2) is 5.50. The average Bonchev–Trinajstić information content (AvgIpc) is 2.77. The summed E-state index contributed by atoms with van der Waals surface area (Å²) >= 11 is 6.04. The molecule has 0 aliphatic rings. The number of benzene rings is 1. The third-order valence-corrected chi connectivity index (χ3v) is 2.95. The van der Waals surface area contributed by atoms with Gasteiger partial charge in [0, 0.05) is 17.6 Å². The minimum absolute atomic E-state index is 0.425. The number of nitrogens with zero attached hydrogens (tertiary/aromatic N) is 3. The first-order valence-electron chi connectivity index (χ1n) is 5.97. The highest BCUT2D eigenvalue weighted by molar-refractivity contribution is 6.30. The van der Waals surface area contributed by atoms with Gasteiger partial charge in [0.15, 0.2) is 0 Å². The molecule has 0 radical (unpaired) electrons. The van der Waals surface area contributed by atoms with Gasteiger partial charge in [-0.25, -0.2) is 4.68 Å². The Morgan fingerprint density at radius 1 is 1.39 bits per heavy atom. The van der Waals surface area contributed by atoms with Crippen molar-refractivity contribution in [2.45, 2.75) is 33.4 Å². The lowest BCUT2D eigenvalue weighted by molar-refractivity contribution is 0.570. The van der Waals surface area contributed by atoms with Crippen LogP contribution in [0.3, 0.4) is 0 Å². The Morgan fingerprint density at radius 3 is 2.89 bits per heavy atom. The van der Waals surface area contributed by atoms with Crippen LogP contribution in [0.15, 0.2) is 24.4 Å². The number of rotatable bonds is 4. The van der Waals surface area contributed by atoms with Gasteiger partial charge in [-0.3, -0.25) is 0 Å². The number of aryl methyl sites for hydroxylation is 1. The van der Waals surface area contributed by atoms with Crippen molar-refractivity contribution in [1.29, 1.82) is 0 Å². The Bertz CT molecular complexity index is 534. The normalized spacial score (nSPS) is 11.2. The summed E-state index contributed by atoms with van der Waals surface area (Å²) in [4.78, 5) is 0. The lowest BCUT2D eigenvalue weighted by Crippen LogP contribution is -2.23. The zero-order valence-electron chi connectivity index (χ0n) is 10.8. The van der Waals surface area contributed by atoms with Gasteiger partial charge in [0.25, 0.3) is 0 Å². The Labute approximate surface area is 112 Å². The molecule has 1 heterocycles. The van der Waals surface area contributed by atoms with Crippen LogP contribution in [-0.2, 0) is 6.54 Å². The molecule has 0 amide bonds. The molecule has 4 nitrogen and oxygen atoms in total.